The summed E-state index contributed by atoms with van der Waals surface area (Å²) in [5, 5.41) is 13.8. The number of aliphatic hydroxyl groups is 1. The average molecular weight is 684 g/mol. The van der Waals surface area contributed by atoms with E-state index in [4.69, 9.17) is 14.2 Å². The molecule has 5 aromatic rings. The van der Waals surface area contributed by atoms with Gasteiger partial charge in [0.15, 0.2) is 29.4 Å². The summed E-state index contributed by atoms with van der Waals surface area (Å²) in [7, 11) is 5.08. The number of anilines is 1. The Bertz CT molecular complexity index is 2040. The van der Waals surface area contributed by atoms with E-state index in [0.29, 0.717) is 52.4 Å². The Morgan fingerprint density at radius 1 is 1.06 bits per heavy atom. The SMILES string of the molecule is CNc1ccc(Oc2ccnc3cc(OCCCN4CC(O)C5(CC5)C4)c(OC)cc23)c(F)c1.Cc1c(C=O)c(=O)n(-c2ccccc2)n1C. The maximum atomic E-state index is 14.4. The number of hydrogen-bond acceptors (Lipinski definition) is 9. The van der Waals surface area contributed by atoms with Gasteiger partial charge in [-0.15, -0.1) is 0 Å². The highest BCUT2D eigenvalue weighted by Crippen LogP contribution is 2.52. The minimum Gasteiger partial charge on any atom is -0.493 e. The number of rotatable bonds is 11. The van der Waals surface area contributed by atoms with E-state index < -0.39 is 5.82 Å². The number of aliphatic hydroxyl groups excluding tert-OH is 1. The van der Waals surface area contributed by atoms with Crippen molar-refractivity contribution in [2.75, 3.05) is 45.7 Å². The standard InChI is InChI=1S/C26H30FN3O4.C12H12N2O2/c1-28-17-4-5-22(19(27)12-17)34-21-6-9-29-20-14-24(23(32-2)13-18(20)21)33-11-3-10-30-15-25(31)26(16-30)7-8-26;1-9-11(8-15)12(16)14(13(9)2)10-6-4-3-5-7-10/h4-6,9,12-14,25,28,31H,3,7-8,10-11,15-16H2,1-2H3;3-8H,1-2H3. The lowest BCUT2D eigenvalue weighted by atomic mass is 10.0. The summed E-state index contributed by atoms with van der Waals surface area (Å²) >= 11 is 0. The lowest BCUT2D eigenvalue weighted by Gasteiger charge is -2.17. The molecule has 0 bridgehead atoms. The molecule has 1 saturated heterocycles. The summed E-state index contributed by atoms with van der Waals surface area (Å²) in [6.07, 6.45) is 5.18. The molecule has 1 aliphatic carbocycles. The Hall–Kier alpha value is -5.20. The number of β-amino-alcohol motifs (C(OH)–C–C–N with tert-alkyl or cyclic N) is 1. The van der Waals surface area contributed by atoms with E-state index in [1.54, 1.807) is 63.3 Å². The first-order chi connectivity index (χ1) is 24.2. The van der Waals surface area contributed by atoms with Crippen LogP contribution < -0.4 is 25.1 Å². The molecule has 2 fully saturated rings. The number of halogens is 1. The predicted molar refractivity (Wildman–Crippen MR) is 190 cm³/mol. The van der Waals surface area contributed by atoms with Crippen molar-refractivity contribution in [3.8, 4) is 28.7 Å². The first-order valence-electron chi connectivity index (χ1n) is 16.6. The number of aldehydes is 1. The number of nitrogens with zero attached hydrogens (tertiary/aromatic N) is 4. The summed E-state index contributed by atoms with van der Waals surface area (Å²) in [5.41, 5.74) is 2.87. The number of hydrogen-bond donors (Lipinski definition) is 2. The summed E-state index contributed by atoms with van der Waals surface area (Å²) in [4.78, 5) is 29.5. The summed E-state index contributed by atoms with van der Waals surface area (Å²) in [6.45, 7) is 4.91. The molecule has 1 atom stereocenters. The summed E-state index contributed by atoms with van der Waals surface area (Å²) < 4.78 is 35.1. The highest BCUT2D eigenvalue weighted by molar-refractivity contribution is 5.88. The first kappa shape index (κ1) is 34.7. The van der Waals surface area contributed by atoms with Gasteiger partial charge in [-0.3, -0.25) is 24.2 Å². The van der Waals surface area contributed by atoms with E-state index in [1.807, 2.05) is 36.4 Å². The number of carbonyl (C=O) groups is 1. The maximum absolute atomic E-state index is 14.4. The Labute approximate surface area is 289 Å². The molecule has 3 aromatic carbocycles. The van der Waals surface area contributed by atoms with Crippen LogP contribution in [0.5, 0.6) is 23.0 Å². The lowest BCUT2D eigenvalue weighted by molar-refractivity contribution is 0.112. The van der Waals surface area contributed by atoms with Crippen molar-refractivity contribution in [3.63, 3.8) is 0 Å². The van der Waals surface area contributed by atoms with Gasteiger partial charge in [-0.1, -0.05) is 18.2 Å². The van der Waals surface area contributed by atoms with E-state index in [1.165, 1.54) is 10.7 Å². The number of ether oxygens (including phenoxy) is 3. The van der Waals surface area contributed by atoms with Crippen molar-refractivity contribution < 1.29 is 28.5 Å². The van der Waals surface area contributed by atoms with Gasteiger partial charge < -0.3 is 24.6 Å². The smallest absolute Gasteiger partial charge is 0.282 e. The third kappa shape index (κ3) is 7.08. The fraction of sp³-hybridized carbons (Fsp3) is 0.342. The van der Waals surface area contributed by atoms with Gasteiger partial charge >= 0.3 is 0 Å². The zero-order valence-electron chi connectivity index (χ0n) is 28.7. The zero-order chi connectivity index (χ0) is 35.4. The Morgan fingerprint density at radius 2 is 1.84 bits per heavy atom. The van der Waals surface area contributed by atoms with Crippen molar-refractivity contribution in [1.82, 2.24) is 19.2 Å². The van der Waals surface area contributed by atoms with Crippen LogP contribution in [-0.4, -0.2) is 77.1 Å². The van der Waals surface area contributed by atoms with E-state index in [-0.39, 0.29) is 28.4 Å². The highest BCUT2D eigenvalue weighted by atomic mass is 19.1. The maximum Gasteiger partial charge on any atom is 0.282 e. The average Bonchev–Trinajstić information content (AvgIpc) is 3.79. The minimum atomic E-state index is -0.457. The highest BCUT2D eigenvalue weighted by Gasteiger charge is 2.54. The Balaban J connectivity index is 0.000000226. The van der Waals surface area contributed by atoms with Gasteiger partial charge in [-0.2, -0.15) is 0 Å². The molecule has 2 aliphatic rings. The normalized spacial score (nSPS) is 16.2. The van der Waals surface area contributed by atoms with Crippen LogP contribution in [0.15, 0.2) is 77.7 Å². The zero-order valence-corrected chi connectivity index (χ0v) is 28.7. The van der Waals surface area contributed by atoms with Gasteiger partial charge in [0.2, 0.25) is 0 Å². The second kappa shape index (κ2) is 14.7. The molecule has 1 unspecified atom stereocenters. The molecule has 262 valence electrons. The van der Waals surface area contributed by atoms with Crippen LogP contribution in [0.1, 0.15) is 35.3 Å². The third-order valence-electron chi connectivity index (χ3n) is 9.59. The quantitative estimate of drug-likeness (QED) is 0.133. The molecule has 0 radical (unpaired) electrons. The molecule has 3 heterocycles. The molecule has 0 amide bonds. The molecule has 1 saturated carbocycles. The van der Waals surface area contributed by atoms with Crippen molar-refractivity contribution in [3.05, 3.63) is 100 Å². The number of carbonyl (C=O) groups excluding carboxylic acids is 1. The molecule has 1 aliphatic heterocycles. The molecule has 2 N–H and O–H groups in total. The molecule has 1 spiro atoms. The number of para-hydroxylation sites is 1. The molecule has 7 rings (SSSR count). The van der Waals surface area contributed by atoms with Crippen LogP contribution in [0.2, 0.25) is 0 Å². The first-order valence-corrected chi connectivity index (χ1v) is 16.6. The molecule has 12 heteroatoms. The van der Waals surface area contributed by atoms with Crippen LogP contribution in [-0.2, 0) is 7.05 Å². The lowest BCUT2D eigenvalue weighted by Crippen LogP contribution is -2.24. The summed E-state index contributed by atoms with van der Waals surface area (Å²) in [6, 6.07) is 19.3. The number of methoxy groups -OCH3 is 1. The van der Waals surface area contributed by atoms with E-state index in [9.17, 15) is 19.1 Å². The summed E-state index contributed by atoms with van der Waals surface area (Å²) in [5.74, 6) is 1.31. The van der Waals surface area contributed by atoms with Gasteiger partial charge in [0.05, 0.1) is 31.0 Å². The fourth-order valence-electron chi connectivity index (χ4n) is 6.42. The predicted octanol–water partition coefficient (Wildman–Crippen LogP) is 5.74. The monoisotopic (exact) mass is 683 g/mol. The minimum absolute atomic E-state index is 0.130. The van der Waals surface area contributed by atoms with Crippen LogP contribution in [0.25, 0.3) is 16.6 Å². The number of nitrogens with one attached hydrogen (secondary N) is 1. The molecular weight excluding hydrogens is 641 g/mol. The number of benzene rings is 3. The van der Waals surface area contributed by atoms with Crippen molar-refractivity contribution >= 4 is 22.9 Å². The van der Waals surface area contributed by atoms with E-state index >= 15 is 0 Å². The van der Waals surface area contributed by atoms with Gasteiger partial charge in [0, 0.05) is 74.2 Å². The number of aromatic nitrogens is 3. The third-order valence-corrected chi connectivity index (χ3v) is 9.59. The van der Waals surface area contributed by atoms with E-state index in [2.05, 4.69) is 15.2 Å². The van der Waals surface area contributed by atoms with Crippen molar-refractivity contribution in [1.29, 1.82) is 0 Å². The Morgan fingerprint density at radius 3 is 2.48 bits per heavy atom. The number of likely N-dealkylation sites (tertiary alicyclic amines) is 1. The molecular formula is C38H42FN5O6. The van der Waals surface area contributed by atoms with Crippen LogP contribution >= 0.6 is 0 Å². The second-order valence-corrected chi connectivity index (χ2v) is 12.7. The van der Waals surface area contributed by atoms with Gasteiger partial charge in [-0.25, -0.2) is 9.07 Å². The van der Waals surface area contributed by atoms with Crippen LogP contribution in [0.4, 0.5) is 10.1 Å². The second-order valence-electron chi connectivity index (χ2n) is 12.7. The number of fused-ring (bicyclic) bond motifs is 1. The molecule has 50 heavy (non-hydrogen) atoms. The van der Waals surface area contributed by atoms with Crippen molar-refractivity contribution in [2.45, 2.75) is 32.3 Å². The van der Waals surface area contributed by atoms with Gasteiger partial charge in [0.1, 0.15) is 11.3 Å². The fourth-order valence-corrected chi connectivity index (χ4v) is 6.42. The largest absolute Gasteiger partial charge is 0.493 e. The number of pyridine rings is 1. The molecule has 11 nitrogen and oxygen atoms in total. The topological polar surface area (TPSA) is 120 Å². The molecule has 2 aromatic heterocycles. The Kier molecular flexibility index (Phi) is 10.2. The van der Waals surface area contributed by atoms with Gasteiger partial charge in [-0.05, 0) is 62.6 Å². The van der Waals surface area contributed by atoms with Crippen LogP contribution in [0.3, 0.4) is 0 Å². The van der Waals surface area contributed by atoms with E-state index in [0.717, 1.165) is 44.6 Å². The van der Waals surface area contributed by atoms with Crippen molar-refractivity contribution in [2.24, 2.45) is 12.5 Å². The van der Waals surface area contributed by atoms with Crippen LogP contribution in [0, 0.1) is 18.2 Å². The van der Waals surface area contributed by atoms with Gasteiger partial charge in [0.25, 0.3) is 5.56 Å².